The fraction of sp³-hybridized carbons (Fsp3) is 0.364. The van der Waals surface area contributed by atoms with Crippen molar-refractivity contribution in [2.24, 2.45) is 5.92 Å². The van der Waals surface area contributed by atoms with Crippen LogP contribution in [0.3, 0.4) is 0 Å². The van der Waals surface area contributed by atoms with Crippen LogP contribution in [0.5, 0.6) is 5.75 Å². The van der Waals surface area contributed by atoms with E-state index >= 15 is 0 Å². The topological polar surface area (TPSA) is 46.5 Å². The highest BCUT2D eigenvalue weighted by molar-refractivity contribution is 6.30. The van der Waals surface area contributed by atoms with Crippen LogP contribution >= 0.6 is 11.6 Å². The van der Waals surface area contributed by atoms with E-state index in [9.17, 15) is 9.18 Å². The van der Waals surface area contributed by atoms with Crippen LogP contribution in [-0.2, 0) is 4.79 Å². The number of carbonyl (C=O) groups is 1. The zero-order chi connectivity index (χ0) is 11.7. The van der Waals surface area contributed by atoms with E-state index in [4.69, 9.17) is 21.4 Å². The molecule has 2 rings (SSSR count). The number of hydrogen-bond acceptors (Lipinski definition) is 2. The highest BCUT2D eigenvalue weighted by Gasteiger charge is 2.38. The number of carboxylic acid groups (broad SMARTS) is 1. The molecule has 86 valence electrons. The Hall–Kier alpha value is -1.29. The molecular weight excluding hydrogens is 235 g/mol. The Kier molecular flexibility index (Phi) is 3.01. The van der Waals surface area contributed by atoms with Gasteiger partial charge in [0.1, 0.15) is 11.6 Å². The van der Waals surface area contributed by atoms with Crippen molar-refractivity contribution >= 4 is 17.6 Å². The van der Waals surface area contributed by atoms with Gasteiger partial charge in [0, 0.05) is 17.0 Å². The molecule has 1 aromatic carbocycles. The van der Waals surface area contributed by atoms with E-state index in [1.807, 2.05) is 0 Å². The minimum Gasteiger partial charge on any atom is -0.478 e. The van der Waals surface area contributed by atoms with Gasteiger partial charge in [0.05, 0.1) is 0 Å². The molecule has 0 bridgehead atoms. The first kappa shape index (κ1) is 11.2. The van der Waals surface area contributed by atoms with Crippen molar-refractivity contribution in [2.75, 3.05) is 0 Å². The van der Waals surface area contributed by atoms with Crippen LogP contribution in [0.2, 0.25) is 5.02 Å². The number of benzene rings is 1. The van der Waals surface area contributed by atoms with Gasteiger partial charge in [-0.25, -0.2) is 9.18 Å². The zero-order valence-electron chi connectivity index (χ0n) is 8.32. The Labute approximate surface area is 96.8 Å². The molecule has 1 saturated carbocycles. The number of hydrogen-bond donors (Lipinski definition) is 1. The molecule has 0 heterocycles. The number of halogens is 2. The zero-order valence-corrected chi connectivity index (χ0v) is 9.08. The Morgan fingerprint density at radius 1 is 1.50 bits per heavy atom. The quantitative estimate of drug-likeness (QED) is 0.886. The summed E-state index contributed by atoms with van der Waals surface area (Å²) in [6, 6.07) is 3.68. The lowest BCUT2D eigenvalue weighted by atomic mass is 10.2. The molecule has 0 aromatic heterocycles. The molecule has 5 heteroatoms. The molecule has 0 amide bonds. The summed E-state index contributed by atoms with van der Waals surface area (Å²) in [6.45, 7) is 0. The minimum absolute atomic E-state index is 0.0274. The first-order valence-corrected chi connectivity index (χ1v) is 5.29. The first-order valence-electron chi connectivity index (χ1n) is 4.92. The summed E-state index contributed by atoms with van der Waals surface area (Å²) < 4.78 is 18.2. The van der Waals surface area contributed by atoms with E-state index in [0.29, 0.717) is 0 Å². The van der Waals surface area contributed by atoms with E-state index < -0.39 is 17.9 Å². The predicted octanol–water partition coefficient (Wildman–Crippen LogP) is 2.72. The second kappa shape index (κ2) is 4.29. The lowest BCUT2D eigenvalue weighted by molar-refractivity contribution is -0.146. The summed E-state index contributed by atoms with van der Waals surface area (Å²) in [4.78, 5) is 10.9. The van der Waals surface area contributed by atoms with Crippen molar-refractivity contribution in [3.8, 4) is 5.75 Å². The van der Waals surface area contributed by atoms with Gasteiger partial charge in [0.2, 0.25) is 0 Å². The highest BCUT2D eigenvalue weighted by Crippen LogP contribution is 2.35. The summed E-state index contributed by atoms with van der Waals surface area (Å²) in [5.41, 5.74) is 0. The molecule has 0 radical (unpaired) electrons. The Morgan fingerprint density at radius 2 is 2.19 bits per heavy atom. The summed E-state index contributed by atoms with van der Waals surface area (Å²) >= 11 is 5.64. The van der Waals surface area contributed by atoms with Gasteiger partial charge in [0.25, 0.3) is 0 Å². The maximum Gasteiger partial charge on any atom is 0.345 e. The lowest BCUT2D eigenvalue weighted by Gasteiger charge is -2.14. The highest BCUT2D eigenvalue weighted by atomic mass is 35.5. The fourth-order valence-corrected chi connectivity index (χ4v) is 1.70. The third-order valence-corrected chi connectivity index (χ3v) is 2.61. The van der Waals surface area contributed by atoms with Crippen LogP contribution in [0.15, 0.2) is 18.2 Å². The Bertz CT molecular complexity index is 397. The first-order chi connectivity index (χ1) is 7.56. The van der Waals surface area contributed by atoms with Gasteiger partial charge >= 0.3 is 5.97 Å². The van der Waals surface area contributed by atoms with Crippen LogP contribution in [0.25, 0.3) is 0 Å². The molecule has 16 heavy (non-hydrogen) atoms. The van der Waals surface area contributed by atoms with Gasteiger partial charge in [-0.15, -0.1) is 0 Å². The molecule has 1 aliphatic rings. The molecule has 3 nitrogen and oxygen atoms in total. The molecule has 1 fully saturated rings. The third kappa shape index (κ3) is 2.64. The Balaban J connectivity index is 2.14. The summed E-state index contributed by atoms with van der Waals surface area (Å²) in [6.07, 6.45) is 0.762. The van der Waals surface area contributed by atoms with Gasteiger partial charge in [0.15, 0.2) is 6.10 Å². The molecule has 0 aliphatic heterocycles. The van der Waals surface area contributed by atoms with Crippen LogP contribution in [0.1, 0.15) is 12.8 Å². The van der Waals surface area contributed by atoms with Gasteiger partial charge in [-0.3, -0.25) is 0 Å². The number of carboxylic acids is 1. The minimum atomic E-state index is -1.03. The van der Waals surface area contributed by atoms with Crippen LogP contribution in [0, 0.1) is 11.7 Å². The smallest absolute Gasteiger partial charge is 0.345 e. The molecular formula is C11H10ClFO3. The lowest BCUT2D eigenvalue weighted by Crippen LogP contribution is -2.29. The SMILES string of the molecule is O=C(O)C(Oc1cc(F)cc(Cl)c1)C1CC1. The second-order valence-corrected chi connectivity index (χ2v) is 4.26. The van der Waals surface area contributed by atoms with E-state index in [1.165, 1.54) is 6.07 Å². The molecule has 1 aromatic rings. The fourth-order valence-electron chi connectivity index (χ4n) is 1.49. The van der Waals surface area contributed by atoms with E-state index in [-0.39, 0.29) is 16.7 Å². The molecule has 1 aliphatic carbocycles. The predicted molar refractivity (Wildman–Crippen MR) is 56.2 cm³/mol. The van der Waals surface area contributed by atoms with Crippen molar-refractivity contribution in [1.82, 2.24) is 0 Å². The van der Waals surface area contributed by atoms with Crippen LogP contribution < -0.4 is 4.74 Å². The van der Waals surface area contributed by atoms with E-state index in [2.05, 4.69) is 0 Å². The van der Waals surface area contributed by atoms with E-state index in [0.717, 1.165) is 25.0 Å². The van der Waals surface area contributed by atoms with Gasteiger partial charge in [-0.2, -0.15) is 0 Å². The average molecular weight is 245 g/mol. The number of ether oxygens (including phenoxy) is 1. The molecule has 1 atom stereocenters. The number of aliphatic carboxylic acids is 1. The van der Waals surface area contributed by atoms with Crippen LogP contribution in [-0.4, -0.2) is 17.2 Å². The van der Waals surface area contributed by atoms with Crippen molar-refractivity contribution in [2.45, 2.75) is 18.9 Å². The van der Waals surface area contributed by atoms with Crippen molar-refractivity contribution in [1.29, 1.82) is 0 Å². The molecule has 1 N–H and O–H groups in total. The molecule has 1 unspecified atom stereocenters. The maximum absolute atomic E-state index is 13.0. The van der Waals surface area contributed by atoms with Gasteiger partial charge in [-0.05, 0) is 25.0 Å². The second-order valence-electron chi connectivity index (χ2n) is 3.82. The van der Waals surface area contributed by atoms with Crippen molar-refractivity contribution in [3.63, 3.8) is 0 Å². The van der Waals surface area contributed by atoms with E-state index in [1.54, 1.807) is 0 Å². The molecule has 0 spiro atoms. The standard InChI is InChI=1S/C11H10ClFO3/c12-7-3-8(13)5-9(4-7)16-10(11(14)15)6-1-2-6/h3-6,10H,1-2H2,(H,14,15). The van der Waals surface area contributed by atoms with Crippen molar-refractivity contribution < 1.29 is 19.0 Å². The Morgan fingerprint density at radius 3 is 2.69 bits per heavy atom. The van der Waals surface area contributed by atoms with Crippen molar-refractivity contribution in [3.05, 3.63) is 29.0 Å². The van der Waals surface area contributed by atoms with Gasteiger partial charge < -0.3 is 9.84 Å². The maximum atomic E-state index is 13.0. The summed E-state index contributed by atoms with van der Waals surface area (Å²) in [7, 11) is 0. The summed E-state index contributed by atoms with van der Waals surface area (Å²) in [5.74, 6) is -1.38. The molecule has 0 saturated heterocycles. The third-order valence-electron chi connectivity index (χ3n) is 2.39. The van der Waals surface area contributed by atoms with Crippen LogP contribution in [0.4, 0.5) is 4.39 Å². The average Bonchev–Trinajstić information content (AvgIpc) is 2.95. The normalized spacial score (nSPS) is 16.9. The van der Waals surface area contributed by atoms with Gasteiger partial charge in [-0.1, -0.05) is 11.6 Å². The largest absolute Gasteiger partial charge is 0.478 e. The monoisotopic (exact) mass is 244 g/mol. The summed E-state index contributed by atoms with van der Waals surface area (Å²) in [5, 5.41) is 9.12. The number of rotatable bonds is 4.